The number of hydrogen-bond acceptors (Lipinski definition) is 7. The lowest BCUT2D eigenvalue weighted by Crippen LogP contribution is -2.77. The first kappa shape index (κ1) is 22.6. The zero-order valence-corrected chi connectivity index (χ0v) is 19.8. The third kappa shape index (κ3) is 3.91. The topological polar surface area (TPSA) is 107 Å². The lowest BCUT2D eigenvalue weighted by Gasteiger charge is -2.68. The van der Waals surface area contributed by atoms with E-state index in [-0.39, 0.29) is 40.7 Å². The van der Waals surface area contributed by atoms with Crippen molar-refractivity contribution < 1.29 is 28.2 Å². The average molecular weight is 520 g/mol. The molecule has 0 spiro atoms. The number of carbonyl (C=O) groups is 1. The van der Waals surface area contributed by atoms with Crippen molar-refractivity contribution in [2.75, 3.05) is 6.61 Å². The first-order valence-electron chi connectivity index (χ1n) is 11.1. The Morgan fingerprint density at radius 2 is 2.00 bits per heavy atom. The van der Waals surface area contributed by atoms with Crippen molar-refractivity contribution in [3.8, 4) is 11.5 Å². The number of nitrogens with one attached hydrogen (secondary N) is 1. The van der Waals surface area contributed by atoms with Crippen LogP contribution < -0.4 is 14.8 Å². The standard InChI is InChI=1S/C24H20Cl2FN3O5/c25-12-1-4-18-14(5-12)17(31)7-19(34-18)21-29-30-22(35-21)23-9-24(10-23,11-23)28-20(32)8-33-13-2-3-15(26)16(27)6-13/h1-6,17,19,31H,7-11H2,(H,28,32)/t17-,19-,23?,24?/m1/s1. The summed E-state index contributed by atoms with van der Waals surface area (Å²) in [6.07, 6.45) is 1.00. The van der Waals surface area contributed by atoms with Gasteiger partial charge >= 0.3 is 0 Å². The molecule has 182 valence electrons. The molecule has 1 amide bonds. The highest BCUT2D eigenvalue weighted by atomic mass is 35.5. The van der Waals surface area contributed by atoms with Crippen molar-refractivity contribution in [2.24, 2.45) is 0 Å². The van der Waals surface area contributed by atoms with Gasteiger partial charge in [-0.25, -0.2) is 4.39 Å². The Morgan fingerprint density at radius 3 is 2.77 bits per heavy atom. The van der Waals surface area contributed by atoms with Crippen LogP contribution >= 0.6 is 23.2 Å². The first-order chi connectivity index (χ1) is 16.7. The Bertz CT molecular complexity index is 1310. The van der Waals surface area contributed by atoms with Gasteiger partial charge in [-0.2, -0.15) is 0 Å². The Balaban J connectivity index is 1.05. The molecule has 4 aliphatic rings. The number of benzene rings is 2. The van der Waals surface area contributed by atoms with Gasteiger partial charge < -0.3 is 24.3 Å². The molecular formula is C24H20Cl2FN3O5. The van der Waals surface area contributed by atoms with Gasteiger partial charge in [0, 0.05) is 28.6 Å². The van der Waals surface area contributed by atoms with Gasteiger partial charge in [0.2, 0.25) is 5.89 Å². The van der Waals surface area contributed by atoms with Crippen LogP contribution in [0.1, 0.15) is 55.2 Å². The van der Waals surface area contributed by atoms with Gasteiger partial charge in [-0.1, -0.05) is 23.2 Å². The van der Waals surface area contributed by atoms with E-state index in [0.29, 0.717) is 47.4 Å². The van der Waals surface area contributed by atoms with Crippen LogP contribution in [0.3, 0.4) is 0 Å². The maximum atomic E-state index is 13.5. The Kier molecular flexibility index (Phi) is 5.21. The summed E-state index contributed by atoms with van der Waals surface area (Å²) in [4.78, 5) is 12.3. The number of aliphatic hydroxyl groups is 1. The highest BCUT2D eigenvalue weighted by molar-refractivity contribution is 6.31. The molecule has 3 saturated carbocycles. The molecule has 0 unspecified atom stereocenters. The van der Waals surface area contributed by atoms with E-state index in [1.807, 2.05) is 0 Å². The van der Waals surface area contributed by atoms with E-state index in [1.54, 1.807) is 18.2 Å². The maximum absolute atomic E-state index is 13.5. The van der Waals surface area contributed by atoms with E-state index in [0.717, 1.165) is 6.07 Å². The molecule has 1 aromatic heterocycles. The minimum Gasteiger partial charge on any atom is -0.484 e. The fraction of sp³-hybridized carbons (Fsp3) is 0.375. The van der Waals surface area contributed by atoms with Crippen LogP contribution in [0.2, 0.25) is 10.0 Å². The Hall–Kier alpha value is -2.88. The normalized spacial score (nSPS) is 28.2. The van der Waals surface area contributed by atoms with E-state index in [2.05, 4.69) is 15.5 Å². The lowest BCUT2D eigenvalue weighted by atomic mass is 9.39. The van der Waals surface area contributed by atoms with Gasteiger partial charge in [0.15, 0.2) is 12.7 Å². The predicted octanol–water partition coefficient (Wildman–Crippen LogP) is 4.44. The monoisotopic (exact) mass is 519 g/mol. The molecule has 35 heavy (non-hydrogen) atoms. The number of ether oxygens (including phenoxy) is 2. The number of rotatable bonds is 6. The van der Waals surface area contributed by atoms with E-state index in [9.17, 15) is 14.3 Å². The van der Waals surface area contributed by atoms with Crippen molar-refractivity contribution in [1.29, 1.82) is 0 Å². The van der Waals surface area contributed by atoms with Crippen LogP contribution in [0.15, 0.2) is 40.8 Å². The minimum absolute atomic E-state index is 0.00823. The molecule has 2 heterocycles. The van der Waals surface area contributed by atoms with Crippen molar-refractivity contribution in [2.45, 2.75) is 48.8 Å². The van der Waals surface area contributed by atoms with Crippen LogP contribution in [0.5, 0.6) is 11.5 Å². The number of aromatic nitrogens is 2. The minimum atomic E-state index is -0.752. The second-order valence-corrected chi connectivity index (χ2v) is 10.3. The molecule has 0 saturated heterocycles. The van der Waals surface area contributed by atoms with E-state index in [1.165, 1.54) is 12.1 Å². The second-order valence-electron chi connectivity index (χ2n) is 9.49. The largest absolute Gasteiger partial charge is 0.484 e. The third-order valence-electron chi connectivity index (χ3n) is 6.90. The highest BCUT2D eigenvalue weighted by Crippen LogP contribution is 2.67. The molecule has 2 aromatic carbocycles. The molecule has 3 aliphatic carbocycles. The molecule has 0 radical (unpaired) electrons. The summed E-state index contributed by atoms with van der Waals surface area (Å²) < 4.78 is 30.8. The second kappa shape index (κ2) is 8.08. The molecule has 2 N–H and O–H groups in total. The number of nitrogens with zero attached hydrogens (tertiary/aromatic N) is 2. The van der Waals surface area contributed by atoms with Crippen LogP contribution in [-0.2, 0) is 10.2 Å². The van der Waals surface area contributed by atoms with Crippen molar-refractivity contribution in [1.82, 2.24) is 15.5 Å². The van der Waals surface area contributed by atoms with Crippen molar-refractivity contribution in [3.63, 3.8) is 0 Å². The molecule has 7 rings (SSSR count). The molecule has 11 heteroatoms. The predicted molar refractivity (Wildman–Crippen MR) is 122 cm³/mol. The van der Waals surface area contributed by atoms with Gasteiger partial charge in [0.05, 0.1) is 16.5 Å². The Morgan fingerprint density at radius 1 is 1.20 bits per heavy atom. The summed E-state index contributed by atoms with van der Waals surface area (Å²) in [5, 5.41) is 22.4. The average Bonchev–Trinajstić information content (AvgIpc) is 3.26. The smallest absolute Gasteiger partial charge is 0.258 e. The summed E-state index contributed by atoms with van der Waals surface area (Å²) in [6.45, 7) is -0.228. The number of fused-ring (bicyclic) bond motifs is 1. The zero-order valence-electron chi connectivity index (χ0n) is 18.3. The van der Waals surface area contributed by atoms with Crippen LogP contribution in [0.25, 0.3) is 0 Å². The molecule has 2 atom stereocenters. The van der Waals surface area contributed by atoms with Crippen LogP contribution in [-0.4, -0.2) is 33.4 Å². The van der Waals surface area contributed by atoms with E-state index >= 15 is 0 Å². The molecular weight excluding hydrogens is 500 g/mol. The number of hydrogen-bond donors (Lipinski definition) is 2. The van der Waals surface area contributed by atoms with Gasteiger partial charge in [-0.05, 0) is 49.6 Å². The lowest BCUT2D eigenvalue weighted by molar-refractivity contribution is -0.143. The summed E-state index contributed by atoms with van der Waals surface area (Å²) in [6, 6.07) is 9.12. The summed E-state index contributed by atoms with van der Waals surface area (Å²) in [5.41, 5.74) is 0.0452. The summed E-state index contributed by atoms with van der Waals surface area (Å²) in [7, 11) is 0. The van der Waals surface area contributed by atoms with Gasteiger partial charge in [-0.3, -0.25) is 4.79 Å². The van der Waals surface area contributed by atoms with Crippen molar-refractivity contribution >= 4 is 29.1 Å². The SMILES string of the molecule is O=C(COc1ccc(Cl)c(F)c1)NC12CC(c3nnc([C@H]4C[C@@H](O)c5cc(Cl)ccc5O4)o3)(C1)C2. The number of aliphatic hydroxyl groups excluding tert-OH is 1. The maximum Gasteiger partial charge on any atom is 0.258 e. The van der Waals surface area contributed by atoms with Gasteiger partial charge in [0.1, 0.15) is 17.3 Å². The quantitative estimate of drug-likeness (QED) is 0.495. The fourth-order valence-electron chi connectivity index (χ4n) is 5.34. The number of halogens is 3. The molecule has 3 aromatic rings. The number of carbonyl (C=O) groups excluding carboxylic acids is 1. The molecule has 1 aliphatic heterocycles. The molecule has 8 nitrogen and oxygen atoms in total. The van der Waals surface area contributed by atoms with E-state index < -0.39 is 18.0 Å². The van der Waals surface area contributed by atoms with Crippen molar-refractivity contribution in [3.05, 3.63) is 69.6 Å². The summed E-state index contributed by atoms with van der Waals surface area (Å²) in [5.74, 6) is 0.696. The molecule has 2 bridgehead atoms. The first-order valence-corrected chi connectivity index (χ1v) is 11.9. The Labute approximate surface area is 209 Å². The number of amides is 1. The fourth-order valence-corrected chi connectivity index (χ4v) is 5.64. The van der Waals surface area contributed by atoms with Gasteiger partial charge in [0.25, 0.3) is 11.8 Å². The van der Waals surface area contributed by atoms with Crippen LogP contribution in [0, 0.1) is 5.82 Å². The third-order valence-corrected chi connectivity index (χ3v) is 7.44. The molecule has 3 fully saturated rings. The van der Waals surface area contributed by atoms with E-state index in [4.69, 9.17) is 37.1 Å². The highest BCUT2D eigenvalue weighted by Gasteiger charge is 2.71. The zero-order chi connectivity index (χ0) is 24.4. The summed E-state index contributed by atoms with van der Waals surface area (Å²) >= 11 is 11.7. The van der Waals surface area contributed by atoms with Crippen LogP contribution in [0.4, 0.5) is 4.39 Å². The van der Waals surface area contributed by atoms with Gasteiger partial charge in [-0.15, -0.1) is 10.2 Å².